The third-order valence-electron chi connectivity index (χ3n) is 2.45. The standard InChI is InChI=1S/C12H15FN4/c1-7(2)12-15-8(3)16-17(12)11-6-9(14)4-5-10(11)13/h4-7H,14H2,1-3H3. The molecule has 0 aliphatic heterocycles. The van der Waals surface area contributed by atoms with Gasteiger partial charge in [-0.2, -0.15) is 5.10 Å². The van der Waals surface area contributed by atoms with E-state index in [-0.39, 0.29) is 11.7 Å². The number of nitrogens with zero attached hydrogens (tertiary/aromatic N) is 3. The average Bonchev–Trinajstić information content (AvgIpc) is 2.64. The molecule has 1 aromatic heterocycles. The van der Waals surface area contributed by atoms with Gasteiger partial charge in [0.1, 0.15) is 23.2 Å². The zero-order chi connectivity index (χ0) is 12.6. The summed E-state index contributed by atoms with van der Waals surface area (Å²) in [5.74, 6) is 1.16. The molecule has 0 aliphatic rings. The fourth-order valence-electron chi connectivity index (χ4n) is 1.67. The van der Waals surface area contributed by atoms with Gasteiger partial charge in [-0.3, -0.25) is 0 Å². The molecule has 2 rings (SSSR count). The van der Waals surface area contributed by atoms with Crippen LogP contribution in [-0.4, -0.2) is 14.8 Å². The molecule has 0 radical (unpaired) electrons. The topological polar surface area (TPSA) is 56.7 Å². The van der Waals surface area contributed by atoms with E-state index in [0.29, 0.717) is 17.2 Å². The highest BCUT2D eigenvalue weighted by Crippen LogP contribution is 2.21. The van der Waals surface area contributed by atoms with E-state index in [2.05, 4.69) is 10.1 Å². The molecule has 1 heterocycles. The van der Waals surface area contributed by atoms with Gasteiger partial charge in [0, 0.05) is 11.6 Å². The molecular weight excluding hydrogens is 219 g/mol. The molecule has 0 amide bonds. The molecule has 4 nitrogen and oxygen atoms in total. The van der Waals surface area contributed by atoms with Crippen LogP contribution in [0.4, 0.5) is 10.1 Å². The van der Waals surface area contributed by atoms with Gasteiger partial charge < -0.3 is 5.73 Å². The summed E-state index contributed by atoms with van der Waals surface area (Å²) in [6.45, 7) is 5.76. The Morgan fingerprint density at radius 1 is 1.35 bits per heavy atom. The van der Waals surface area contributed by atoms with Gasteiger partial charge in [0.15, 0.2) is 0 Å². The van der Waals surface area contributed by atoms with Gasteiger partial charge in [-0.15, -0.1) is 0 Å². The molecule has 0 bridgehead atoms. The summed E-state index contributed by atoms with van der Waals surface area (Å²) in [6.07, 6.45) is 0. The lowest BCUT2D eigenvalue weighted by atomic mass is 10.2. The predicted octanol–water partition coefficient (Wildman–Crippen LogP) is 2.42. The minimum absolute atomic E-state index is 0.164. The highest BCUT2D eigenvalue weighted by molar-refractivity contribution is 5.48. The first-order valence-electron chi connectivity index (χ1n) is 5.48. The van der Waals surface area contributed by atoms with E-state index in [0.717, 1.165) is 5.82 Å². The first-order valence-corrected chi connectivity index (χ1v) is 5.48. The average molecular weight is 234 g/mol. The van der Waals surface area contributed by atoms with Crippen molar-refractivity contribution in [3.05, 3.63) is 35.7 Å². The Hall–Kier alpha value is -1.91. The molecule has 0 fully saturated rings. The Kier molecular flexibility index (Phi) is 2.83. The van der Waals surface area contributed by atoms with Crippen LogP contribution in [0.5, 0.6) is 0 Å². The summed E-state index contributed by atoms with van der Waals surface area (Å²) in [4.78, 5) is 4.30. The Bertz CT molecular complexity index is 545. The van der Waals surface area contributed by atoms with Crippen molar-refractivity contribution in [3.8, 4) is 5.69 Å². The van der Waals surface area contributed by atoms with Crippen molar-refractivity contribution in [2.45, 2.75) is 26.7 Å². The van der Waals surface area contributed by atoms with Crippen molar-refractivity contribution >= 4 is 5.69 Å². The monoisotopic (exact) mass is 234 g/mol. The first-order chi connectivity index (χ1) is 7.99. The summed E-state index contributed by atoms with van der Waals surface area (Å²) in [6, 6.07) is 4.43. The van der Waals surface area contributed by atoms with Crippen LogP contribution in [0.25, 0.3) is 5.69 Å². The molecule has 0 saturated heterocycles. The van der Waals surface area contributed by atoms with Crippen LogP contribution >= 0.6 is 0 Å². The summed E-state index contributed by atoms with van der Waals surface area (Å²) in [7, 11) is 0. The second kappa shape index (κ2) is 4.16. The molecule has 5 heteroatoms. The maximum Gasteiger partial charge on any atom is 0.149 e. The fourth-order valence-corrected chi connectivity index (χ4v) is 1.67. The van der Waals surface area contributed by atoms with Gasteiger partial charge in [0.2, 0.25) is 0 Å². The lowest BCUT2D eigenvalue weighted by molar-refractivity contribution is 0.600. The zero-order valence-electron chi connectivity index (χ0n) is 10.1. The van der Waals surface area contributed by atoms with Crippen LogP contribution in [-0.2, 0) is 0 Å². The molecule has 0 unspecified atom stereocenters. The van der Waals surface area contributed by atoms with E-state index in [1.54, 1.807) is 13.0 Å². The number of halogens is 1. The molecule has 0 saturated carbocycles. The Balaban J connectivity index is 2.63. The molecular formula is C12H15FN4. The number of benzene rings is 1. The molecule has 1 aromatic carbocycles. The smallest absolute Gasteiger partial charge is 0.149 e. The molecule has 2 aromatic rings. The number of aryl methyl sites for hydroxylation is 1. The molecule has 0 atom stereocenters. The van der Waals surface area contributed by atoms with Crippen molar-refractivity contribution in [1.29, 1.82) is 0 Å². The largest absolute Gasteiger partial charge is 0.399 e. The zero-order valence-corrected chi connectivity index (χ0v) is 10.1. The van der Waals surface area contributed by atoms with Crippen molar-refractivity contribution in [2.24, 2.45) is 0 Å². The molecule has 17 heavy (non-hydrogen) atoms. The van der Waals surface area contributed by atoms with Crippen LogP contribution in [0.15, 0.2) is 18.2 Å². The van der Waals surface area contributed by atoms with E-state index in [9.17, 15) is 4.39 Å². The van der Waals surface area contributed by atoms with Gasteiger partial charge in [0.25, 0.3) is 0 Å². The summed E-state index contributed by atoms with van der Waals surface area (Å²) in [5.41, 5.74) is 6.52. The number of rotatable bonds is 2. The molecule has 2 N–H and O–H groups in total. The molecule has 90 valence electrons. The lowest BCUT2D eigenvalue weighted by Crippen LogP contribution is -2.07. The van der Waals surface area contributed by atoms with Gasteiger partial charge in [-0.1, -0.05) is 13.8 Å². The van der Waals surface area contributed by atoms with Crippen LogP contribution in [0.3, 0.4) is 0 Å². The Morgan fingerprint density at radius 3 is 2.71 bits per heavy atom. The SMILES string of the molecule is Cc1nc(C(C)C)n(-c2cc(N)ccc2F)n1. The second-order valence-electron chi connectivity index (χ2n) is 4.29. The van der Waals surface area contributed by atoms with Crippen molar-refractivity contribution in [1.82, 2.24) is 14.8 Å². The number of hydrogen-bond acceptors (Lipinski definition) is 3. The van der Waals surface area contributed by atoms with Crippen LogP contribution < -0.4 is 5.73 Å². The Labute approximate surface area is 99.3 Å². The Morgan fingerprint density at radius 2 is 2.06 bits per heavy atom. The molecule has 0 spiro atoms. The van der Waals surface area contributed by atoms with E-state index in [4.69, 9.17) is 5.73 Å². The highest BCUT2D eigenvalue weighted by Gasteiger charge is 2.15. The van der Waals surface area contributed by atoms with Crippen molar-refractivity contribution < 1.29 is 4.39 Å². The quantitative estimate of drug-likeness (QED) is 0.812. The van der Waals surface area contributed by atoms with E-state index < -0.39 is 0 Å². The lowest BCUT2D eigenvalue weighted by Gasteiger charge is -2.09. The predicted molar refractivity (Wildman–Crippen MR) is 64.6 cm³/mol. The van der Waals surface area contributed by atoms with E-state index in [1.807, 2.05) is 13.8 Å². The van der Waals surface area contributed by atoms with Gasteiger partial charge >= 0.3 is 0 Å². The van der Waals surface area contributed by atoms with Crippen LogP contribution in [0, 0.1) is 12.7 Å². The number of aromatic nitrogens is 3. The maximum atomic E-state index is 13.8. The van der Waals surface area contributed by atoms with E-state index in [1.165, 1.54) is 16.8 Å². The van der Waals surface area contributed by atoms with E-state index >= 15 is 0 Å². The number of anilines is 1. The maximum absolute atomic E-state index is 13.8. The van der Waals surface area contributed by atoms with Crippen molar-refractivity contribution in [3.63, 3.8) is 0 Å². The third kappa shape index (κ3) is 2.13. The van der Waals surface area contributed by atoms with Crippen molar-refractivity contribution in [2.75, 3.05) is 5.73 Å². The third-order valence-corrected chi connectivity index (χ3v) is 2.45. The van der Waals surface area contributed by atoms with Crippen LogP contribution in [0.2, 0.25) is 0 Å². The summed E-state index contributed by atoms with van der Waals surface area (Å²) < 4.78 is 15.3. The minimum atomic E-state index is -0.356. The number of nitrogen functional groups attached to an aromatic ring is 1. The molecule has 0 aliphatic carbocycles. The number of hydrogen-bond donors (Lipinski definition) is 1. The van der Waals surface area contributed by atoms with Gasteiger partial charge in [-0.05, 0) is 25.1 Å². The number of nitrogens with two attached hydrogens (primary N) is 1. The van der Waals surface area contributed by atoms with Crippen LogP contribution in [0.1, 0.15) is 31.4 Å². The fraction of sp³-hybridized carbons (Fsp3) is 0.333. The first kappa shape index (κ1) is 11.6. The second-order valence-corrected chi connectivity index (χ2v) is 4.29. The normalized spacial score (nSPS) is 11.1. The summed E-state index contributed by atoms with van der Waals surface area (Å²) in [5, 5.41) is 4.21. The summed E-state index contributed by atoms with van der Waals surface area (Å²) >= 11 is 0. The highest BCUT2D eigenvalue weighted by atomic mass is 19.1. The van der Waals surface area contributed by atoms with Gasteiger partial charge in [0.05, 0.1) is 0 Å². The minimum Gasteiger partial charge on any atom is -0.399 e. The van der Waals surface area contributed by atoms with Gasteiger partial charge in [-0.25, -0.2) is 14.1 Å².